The highest BCUT2D eigenvalue weighted by Gasteiger charge is 2.09. The normalized spacial score (nSPS) is 15.2. The van der Waals surface area contributed by atoms with Crippen LogP contribution in [0.25, 0.3) is 11.6 Å². The molecule has 0 saturated heterocycles. The van der Waals surface area contributed by atoms with E-state index in [4.69, 9.17) is 16.9 Å². The first kappa shape index (κ1) is 16.6. The molecule has 0 unspecified atom stereocenters. The molecule has 116 valence electrons. The lowest BCUT2D eigenvalue weighted by molar-refractivity contribution is 1.49. The molecule has 4 heteroatoms. The van der Waals surface area contributed by atoms with Crippen LogP contribution in [0, 0.1) is 5.41 Å². The number of nitrogen functional groups attached to an aromatic ring is 2. The molecule has 3 nitrogen and oxygen atoms in total. The standard InChI is InChI=1S/C19H17N3.ClH/c20-17-6-1-13(2-7-17)11-16-12-15(5-10-19(16)22)14-3-8-18(21)9-4-14;/h1-12,22H,20-21H2;1H. The zero-order valence-electron chi connectivity index (χ0n) is 12.5. The fraction of sp³-hybridized carbons (Fsp3) is 0. The van der Waals surface area contributed by atoms with E-state index in [0.29, 0.717) is 5.71 Å². The van der Waals surface area contributed by atoms with Crippen LogP contribution in [0.4, 0.5) is 11.4 Å². The van der Waals surface area contributed by atoms with Crippen molar-refractivity contribution in [1.82, 2.24) is 0 Å². The molecule has 0 amide bonds. The minimum Gasteiger partial charge on any atom is -0.399 e. The van der Waals surface area contributed by atoms with Gasteiger partial charge in [-0.2, -0.15) is 0 Å². The van der Waals surface area contributed by atoms with Gasteiger partial charge in [0.2, 0.25) is 0 Å². The van der Waals surface area contributed by atoms with Gasteiger partial charge in [-0.05, 0) is 59.2 Å². The Morgan fingerprint density at radius 1 is 0.783 bits per heavy atom. The molecule has 0 heterocycles. The Balaban J connectivity index is 0.00000192. The third kappa shape index (κ3) is 3.90. The van der Waals surface area contributed by atoms with Crippen molar-refractivity contribution < 1.29 is 0 Å². The first-order chi connectivity index (χ1) is 10.6. The van der Waals surface area contributed by atoms with E-state index in [9.17, 15) is 0 Å². The molecule has 0 bridgehead atoms. The number of hydrogen-bond donors (Lipinski definition) is 3. The van der Waals surface area contributed by atoms with E-state index in [2.05, 4.69) is 0 Å². The van der Waals surface area contributed by atoms with E-state index >= 15 is 0 Å². The summed E-state index contributed by atoms with van der Waals surface area (Å²) in [7, 11) is 0. The van der Waals surface area contributed by atoms with E-state index in [1.165, 1.54) is 0 Å². The Hall–Kier alpha value is -2.78. The molecule has 1 aliphatic rings. The summed E-state index contributed by atoms with van der Waals surface area (Å²) >= 11 is 0. The van der Waals surface area contributed by atoms with Gasteiger partial charge >= 0.3 is 0 Å². The number of halogens is 1. The largest absolute Gasteiger partial charge is 0.399 e. The molecular formula is C19H18ClN3. The predicted octanol–water partition coefficient (Wildman–Crippen LogP) is 4.33. The van der Waals surface area contributed by atoms with Gasteiger partial charge in [-0.15, -0.1) is 12.4 Å². The van der Waals surface area contributed by atoms with Crippen LogP contribution in [0.3, 0.4) is 0 Å². The molecule has 0 aromatic heterocycles. The number of nitrogens with one attached hydrogen (secondary N) is 1. The van der Waals surface area contributed by atoms with Crippen molar-refractivity contribution >= 4 is 41.1 Å². The number of nitrogens with two attached hydrogens (primary N) is 2. The van der Waals surface area contributed by atoms with Crippen molar-refractivity contribution in [2.24, 2.45) is 0 Å². The number of anilines is 2. The summed E-state index contributed by atoms with van der Waals surface area (Å²) < 4.78 is 0. The molecule has 0 aliphatic heterocycles. The third-order valence-electron chi connectivity index (χ3n) is 3.55. The van der Waals surface area contributed by atoms with Crippen LogP contribution in [-0.4, -0.2) is 5.71 Å². The van der Waals surface area contributed by atoms with Crippen LogP contribution < -0.4 is 11.5 Å². The first-order valence-corrected chi connectivity index (χ1v) is 7.04. The maximum Gasteiger partial charge on any atom is 0.0612 e. The number of allylic oxidation sites excluding steroid dienone is 5. The summed E-state index contributed by atoms with van der Waals surface area (Å²) in [6, 6.07) is 15.4. The summed E-state index contributed by atoms with van der Waals surface area (Å²) in [6.45, 7) is 0. The molecule has 5 N–H and O–H groups in total. The summed E-state index contributed by atoms with van der Waals surface area (Å²) in [5.74, 6) is 0. The molecule has 0 atom stereocenters. The fourth-order valence-corrected chi connectivity index (χ4v) is 2.31. The van der Waals surface area contributed by atoms with Gasteiger partial charge in [-0.25, -0.2) is 0 Å². The average molecular weight is 324 g/mol. The van der Waals surface area contributed by atoms with Gasteiger partial charge in [0.1, 0.15) is 0 Å². The number of rotatable bonds is 2. The Bertz CT molecular complexity index is 798. The van der Waals surface area contributed by atoms with Crippen molar-refractivity contribution in [3.8, 4) is 0 Å². The van der Waals surface area contributed by atoms with Gasteiger partial charge in [0, 0.05) is 16.9 Å². The summed E-state index contributed by atoms with van der Waals surface area (Å²) in [5, 5.41) is 8.08. The van der Waals surface area contributed by atoms with Gasteiger partial charge in [-0.1, -0.05) is 30.3 Å². The highest BCUT2D eigenvalue weighted by Crippen LogP contribution is 2.25. The van der Waals surface area contributed by atoms with Gasteiger partial charge in [0.15, 0.2) is 0 Å². The molecule has 2 aromatic carbocycles. The molecule has 0 spiro atoms. The van der Waals surface area contributed by atoms with Crippen LogP contribution in [0.5, 0.6) is 0 Å². The van der Waals surface area contributed by atoms with Crippen molar-refractivity contribution in [2.75, 3.05) is 11.5 Å². The van der Waals surface area contributed by atoms with Crippen LogP contribution in [0.15, 0.2) is 72.3 Å². The van der Waals surface area contributed by atoms with Gasteiger partial charge in [0.05, 0.1) is 5.71 Å². The van der Waals surface area contributed by atoms with E-state index in [1.807, 2.05) is 72.8 Å². The second-order valence-corrected chi connectivity index (χ2v) is 5.24. The third-order valence-corrected chi connectivity index (χ3v) is 3.55. The molecule has 0 saturated carbocycles. The fourth-order valence-electron chi connectivity index (χ4n) is 2.31. The molecule has 1 aliphatic carbocycles. The van der Waals surface area contributed by atoms with E-state index < -0.39 is 0 Å². The van der Waals surface area contributed by atoms with E-state index in [1.54, 1.807) is 0 Å². The molecule has 0 fully saturated rings. The molecule has 3 rings (SSSR count). The maximum atomic E-state index is 8.08. The predicted molar refractivity (Wildman–Crippen MR) is 102 cm³/mol. The monoisotopic (exact) mass is 323 g/mol. The Morgan fingerprint density at radius 3 is 1.96 bits per heavy atom. The zero-order chi connectivity index (χ0) is 15.5. The van der Waals surface area contributed by atoms with Gasteiger partial charge in [0.25, 0.3) is 0 Å². The van der Waals surface area contributed by atoms with Crippen molar-refractivity contribution in [1.29, 1.82) is 5.41 Å². The second kappa shape index (κ2) is 6.99. The van der Waals surface area contributed by atoms with Crippen LogP contribution in [-0.2, 0) is 0 Å². The smallest absolute Gasteiger partial charge is 0.0612 e. The lowest BCUT2D eigenvalue weighted by Gasteiger charge is -2.11. The Kier molecular flexibility index (Phi) is 5.04. The quantitative estimate of drug-likeness (QED) is 0.719. The number of hydrogen-bond acceptors (Lipinski definition) is 3. The van der Waals surface area contributed by atoms with Crippen LogP contribution in [0.2, 0.25) is 0 Å². The molecule has 23 heavy (non-hydrogen) atoms. The number of benzene rings is 2. The summed E-state index contributed by atoms with van der Waals surface area (Å²) in [5.41, 5.74) is 17.5. The maximum absolute atomic E-state index is 8.08. The lowest BCUT2D eigenvalue weighted by Crippen LogP contribution is -2.01. The lowest BCUT2D eigenvalue weighted by atomic mass is 9.94. The first-order valence-electron chi connectivity index (χ1n) is 7.04. The Morgan fingerprint density at radius 2 is 1.35 bits per heavy atom. The highest BCUT2D eigenvalue weighted by atomic mass is 35.5. The molecule has 0 radical (unpaired) electrons. The van der Waals surface area contributed by atoms with Gasteiger partial charge in [-0.3, -0.25) is 0 Å². The van der Waals surface area contributed by atoms with Crippen LogP contribution >= 0.6 is 12.4 Å². The summed E-state index contributed by atoms with van der Waals surface area (Å²) in [6.07, 6.45) is 7.77. The average Bonchev–Trinajstić information content (AvgIpc) is 2.52. The zero-order valence-corrected chi connectivity index (χ0v) is 13.3. The van der Waals surface area contributed by atoms with E-state index in [-0.39, 0.29) is 12.4 Å². The summed E-state index contributed by atoms with van der Waals surface area (Å²) in [4.78, 5) is 0. The van der Waals surface area contributed by atoms with Crippen molar-refractivity contribution in [3.05, 3.63) is 83.5 Å². The Labute approximate surface area is 141 Å². The SMILES string of the molecule is Cl.N=C1C=CC(c2ccc(N)cc2)=CC1=Cc1ccc(N)cc1. The minimum absolute atomic E-state index is 0. The van der Waals surface area contributed by atoms with Gasteiger partial charge < -0.3 is 16.9 Å². The molecular weight excluding hydrogens is 306 g/mol. The second-order valence-electron chi connectivity index (χ2n) is 5.24. The van der Waals surface area contributed by atoms with Crippen molar-refractivity contribution in [2.45, 2.75) is 0 Å². The van der Waals surface area contributed by atoms with Crippen LogP contribution in [0.1, 0.15) is 11.1 Å². The topological polar surface area (TPSA) is 75.9 Å². The highest BCUT2D eigenvalue weighted by molar-refractivity contribution is 6.15. The van der Waals surface area contributed by atoms with E-state index in [0.717, 1.165) is 33.6 Å². The minimum atomic E-state index is 0. The van der Waals surface area contributed by atoms with Crippen molar-refractivity contribution in [3.63, 3.8) is 0 Å². The molecule has 2 aromatic rings.